The van der Waals surface area contributed by atoms with E-state index < -0.39 is 0 Å². The summed E-state index contributed by atoms with van der Waals surface area (Å²) in [5.41, 5.74) is 0.504. The fourth-order valence-corrected chi connectivity index (χ4v) is 3.43. The fraction of sp³-hybridized carbons (Fsp3) is 0.917. The minimum Gasteiger partial charge on any atom is -0.300 e. The molecule has 0 heterocycles. The smallest absolute Gasteiger partial charge is 0.133 e. The first kappa shape index (κ1) is 9.23. The quantitative estimate of drug-likeness (QED) is 0.559. The van der Waals surface area contributed by atoms with Gasteiger partial charge in [0.25, 0.3) is 0 Å². The zero-order valence-corrected chi connectivity index (χ0v) is 8.81. The topological polar surface area (TPSA) is 17.1 Å². The Balaban J connectivity index is 2.12. The molecule has 2 aliphatic carbocycles. The first-order chi connectivity index (χ1) is 6.09. The van der Waals surface area contributed by atoms with Gasteiger partial charge in [-0.2, -0.15) is 0 Å². The average molecular weight is 180 g/mol. The second kappa shape index (κ2) is 3.11. The Bertz CT molecular complexity index is 217. The van der Waals surface area contributed by atoms with Crippen LogP contribution in [0, 0.1) is 17.3 Å². The van der Waals surface area contributed by atoms with Crippen LogP contribution in [0.5, 0.6) is 0 Å². The third kappa shape index (κ3) is 1.66. The molecule has 2 saturated carbocycles. The summed E-state index contributed by atoms with van der Waals surface area (Å²) < 4.78 is 0. The van der Waals surface area contributed by atoms with E-state index >= 15 is 0 Å². The summed E-state index contributed by atoms with van der Waals surface area (Å²) in [5, 5.41) is 0. The maximum absolute atomic E-state index is 11.3. The first-order valence-corrected chi connectivity index (χ1v) is 5.61. The highest BCUT2D eigenvalue weighted by Crippen LogP contribution is 2.49. The lowest BCUT2D eigenvalue weighted by molar-refractivity contribution is -0.125. The Labute approximate surface area is 80.9 Å². The molecule has 2 atom stereocenters. The molecule has 0 aromatic carbocycles. The van der Waals surface area contributed by atoms with E-state index in [1.807, 2.05) is 0 Å². The van der Waals surface area contributed by atoms with Crippen molar-refractivity contribution in [3.63, 3.8) is 0 Å². The lowest BCUT2D eigenvalue weighted by atomic mass is 9.59. The maximum Gasteiger partial charge on any atom is 0.133 e. The van der Waals surface area contributed by atoms with Gasteiger partial charge in [-0.15, -0.1) is 0 Å². The zero-order chi connectivity index (χ0) is 9.47. The summed E-state index contributed by atoms with van der Waals surface area (Å²) in [6.45, 7) is 4.78. The molecule has 0 aromatic heterocycles. The second-order valence-corrected chi connectivity index (χ2v) is 5.53. The number of ketones is 1. The Morgan fingerprint density at radius 3 is 2.85 bits per heavy atom. The van der Waals surface area contributed by atoms with Gasteiger partial charge in [0.05, 0.1) is 0 Å². The molecular weight excluding hydrogens is 160 g/mol. The number of rotatable bonds is 0. The molecule has 1 nitrogen and oxygen atoms in total. The van der Waals surface area contributed by atoms with Gasteiger partial charge < -0.3 is 0 Å². The molecule has 0 radical (unpaired) electrons. The molecule has 0 amide bonds. The number of fused-ring (bicyclic) bond motifs is 1. The van der Waals surface area contributed by atoms with Crippen molar-refractivity contribution >= 4 is 5.78 Å². The highest BCUT2D eigenvalue weighted by atomic mass is 16.1. The summed E-state index contributed by atoms with van der Waals surface area (Å²) in [6, 6.07) is 0. The largest absolute Gasteiger partial charge is 0.300 e. The van der Waals surface area contributed by atoms with Crippen molar-refractivity contribution in [1.29, 1.82) is 0 Å². The van der Waals surface area contributed by atoms with E-state index in [2.05, 4.69) is 13.8 Å². The SMILES string of the molecule is CC1(C)CCC[C@H]2CC(=O)CC[C@@H]21. The molecule has 0 spiro atoms. The summed E-state index contributed by atoms with van der Waals surface area (Å²) in [4.78, 5) is 11.3. The van der Waals surface area contributed by atoms with Crippen LogP contribution in [-0.2, 0) is 4.79 Å². The highest BCUT2D eigenvalue weighted by Gasteiger charge is 2.41. The summed E-state index contributed by atoms with van der Waals surface area (Å²) in [5.74, 6) is 2.07. The number of hydrogen-bond acceptors (Lipinski definition) is 1. The van der Waals surface area contributed by atoms with Gasteiger partial charge in [-0.3, -0.25) is 4.79 Å². The molecule has 0 aromatic rings. The Morgan fingerprint density at radius 2 is 2.08 bits per heavy atom. The van der Waals surface area contributed by atoms with Crippen LogP contribution in [0.15, 0.2) is 0 Å². The van der Waals surface area contributed by atoms with E-state index in [1.165, 1.54) is 19.3 Å². The van der Waals surface area contributed by atoms with Gasteiger partial charge in [-0.1, -0.05) is 20.3 Å². The Kier molecular flexibility index (Phi) is 2.21. The van der Waals surface area contributed by atoms with Crippen LogP contribution < -0.4 is 0 Å². The van der Waals surface area contributed by atoms with Gasteiger partial charge >= 0.3 is 0 Å². The third-order valence-electron chi connectivity index (χ3n) is 4.19. The van der Waals surface area contributed by atoms with Crippen LogP contribution in [-0.4, -0.2) is 5.78 Å². The molecule has 0 N–H and O–H groups in total. The van der Waals surface area contributed by atoms with Crippen LogP contribution in [0.3, 0.4) is 0 Å². The van der Waals surface area contributed by atoms with Crippen molar-refractivity contribution in [3.8, 4) is 0 Å². The first-order valence-electron chi connectivity index (χ1n) is 5.61. The normalized spacial score (nSPS) is 38.5. The molecule has 2 fully saturated rings. The number of carbonyl (C=O) groups excluding carboxylic acids is 1. The average Bonchev–Trinajstić information content (AvgIpc) is 2.02. The summed E-state index contributed by atoms with van der Waals surface area (Å²) >= 11 is 0. The molecule has 0 bridgehead atoms. The standard InChI is InChI=1S/C12H20O/c1-12(2)7-3-4-9-8-10(13)5-6-11(9)12/h9,11H,3-8H2,1-2H3/t9-,11-/m0/s1. The lowest BCUT2D eigenvalue weighted by Crippen LogP contribution is -2.39. The molecule has 2 rings (SSSR count). The second-order valence-electron chi connectivity index (χ2n) is 5.53. The molecular formula is C12H20O. The predicted octanol–water partition coefficient (Wildman–Crippen LogP) is 3.18. The molecule has 74 valence electrons. The van der Waals surface area contributed by atoms with E-state index in [0.29, 0.717) is 11.2 Å². The minimum absolute atomic E-state index is 0.504. The van der Waals surface area contributed by atoms with Crippen molar-refractivity contribution in [2.75, 3.05) is 0 Å². The Hall–Kier alpha value is -0.330. The van der Waals surface area contributed by atoms with Crippen molar-refractivity contribution < 1.29 is 4.79 Å². The van der Waals surface area contributed by atoms with Crippen molar-refractivity contribution in [2.45, 2.75) is 52.4 Å². The van der Waals surface area contributed by atoms with Gasteiger partial charge in [-0.05, 0) is 36.5 Å². The van der Waals surface area contributed by atoms with Crippen molar-refractivity contribution in [3.05, 3.63) is 0 Å². The monoisotopic (exact) mass is 180 g/mol. The van der Waals surface area contributed by atoms with E-state index in [4.69, 9.17) is 0 Å². The Morgan fingerprint density at radius 1 is 1.31 bits per heavy atom. The molecule has 13 heavy (non-hydrogen) atoms. The predicted molar refractivity (Wildman–Crippen MR) is 53.5 cm³/mol. The number of Topliss-reactive ketones (excluding diaryl/α,β-unsaturated/α-hetero) is 1. The molecule has 0 saturated heterocycles. The number of hydrogen-bond donors (Lipinski definition) is 0. The lowest BCUT2D eigenvalue weighted by Gasteiger charge is -2.46. The summed E-state index contributed by atoms with van der Waals surface area (Å²) in [6.07, 6.45) is 6.90. The van der Waals surface area contributed by atoms with E-state index in [0.717, 1.165) is 31.1 Å². The van der Waals surface area contributed by atoms with Gasteiger partial charge in [0, 0.05) is 12.8 Å². The van der Waals surface area contributed by atoms with E-state index in [9.17, 15) is 4.79 Å². The maximum atomic E-state index is 11.3. The third-order valence-corrected chi connectivity index (χ3v) is 4.19. The van der Waals surface area contributed by atoms with Crippen molar-refractivity contribution in [1.82, 2.24) is 0 Å². The van der Waals surface area contributed by atoms with Gasteiger partial charge in [0.2, 0.25) is 0 Å². The van der Waals surface area contributed by atoms with Crippen LogP contribution in [0.2, 0.25) is 0 Å². The molecule has 1 heteroatoms. The van der Waals surface area contributed by atoms with Crippen LogP contribution in [0.1, 0.15) is 52.4 Å². The molecule has 2 aliphatic rings. The molecule has 0 aliphatic heterocycles. The molecule has 0 unspecified atom stereocenters. The van der Waals surface area contributed by atoms with Crippen LogP contribution in [0.25, 0.3) is 0 Å². The van der Waals surface area contributed by atoms with Crippen LogP contribution >= 0.6 is 0 Å². The van der Waals surface area contributed by atoms with Gasteiger partial charge in [0.15, 0.2) is 0 Å². The number of carbonyl (C=O) groups is 1. The summed E-state index contributed by atoms with van der Waals surface area (Å²) in [7, 11) is 0. The van der Waals surface area contributed by atoms with Gasteiger partial charge in [-0.25, -0.2) is 0 Å². The van der Waals surface area contributed by atoms with E-state index in [-0.39, 0.29) is 0 Å². The highest BCUT2D eigenvalue weighted by molar-refractivity contribution is 5.79. The van der Waals surface area contributed by atoms with Crippen LogP contribution in [0.4, 0.5) is 0 Å². The van der Waals surface area contributed by atoms with Crippen molar-refractivity contribution in [2.24, 2.45) is 17.3 Å². The van der Waals surface area contributed by atoms with Gasteiger partial charge in [0.1, 0.15) is 5.78 Å². The minimum atomic E-state index is 0.504. The van der Waals surface area contributed by atoms with E-state index in [1.54, 1.807) is 0 Å². The fourth-order valence-electron chi connectivity index (χ4n) is 3.43. The zero-order valence-electron chi connectivity index (χ0n) is 8.81.